The van der Waals surface area contributed by atoms with Gasteiger partial charge < -0.3 is 15.7 Å². The van der Waals surface area contributed by atoms with E-state index in [2.05, 4.69) is 4.98 Å². The van der Waals surface area contributed by atoms with Gasteiger partial charge in [-0.1, -0.05) is 13.8 Å². The third-order valence-corrected chi connectivity index (χ3v) is 2.30. The van der Waals surface area contributed by atoms with Crippen molar-refractivity contribution in [2.24, 2.45) is 11.7 Å². The van der Waals surface area contributed by atoms with Crippen LogP contribution in [0.4, 0.5) is 5.69 Å². The second-order valence-corrected chi connectivity index (χ2v) is 4.44. The summed E-state index contributed by atoms with van der Waals surface area (Å²) in [4.78, 5) is 27.6. The van der Waals surface area contributed by atoms with Crippen LogP contribution in [0.15, 0.2) is 18.5 Å². The summed E-state index contributed by atoms with van der Waals surface area (Å²) >= 11 is 0. The molecular weight excluding hydrogens is 234 g/mol. The number of carboxylic acids is 1. The van der Waals surface area contributed by atoms with Gasteiger partial charge in [-0.3, -0.25) is 9.78 Å². The molecule has 18 heavy (non-hydrogen) atoms. The highest BCUT2D eigenvalue weighted by atomic mass is 16.4. The molecule has 0 aliphatic rings. The minimum Gasteiger partial charge on any atom is -0.478 e. The summed E-state index contributed by atoms with van der Waals surface area (Å²) in [5, 5.41) is 9.10. The summed E-state index contributed by atoms with van der Waals surface area (Å²) in [7, 11) is 0. The molecule has 0 aliphatic carbocycles. The summed E-state index contributed by atoms with van der Waals surface area (Å²) in [6, 6.07) is 1.58. The summed E-state index contributed by atoms with van der Waals surface area (Å²) in [6.07, 6.45) is 2.77. The third-order valence-electron chi connectivity index (χ3n) is 2.30. The van der Waals surface area contributed by atoms with E-state index in [4.69, 9.17) is 10.8 Å². The number of aromatic nitrogens is 1. The quantitative estimate of drug-likeness (QED) is 0.776. The Morgan fingerprint density at radius 3 is 2.67 bits per heavy atom. The number of primary amides is 1. The maximum absolute atomic E-state index is 11.1. The van der Waals surface area contributed by atoms with E-state index in [0.29, 0.717) is 12.2 Å². The van der Waals surface area contributed by atoms with Crippen molar-refractivity contribution < 1.29 is 14.7 Å². The molecule has 0 saturated carbocycles. The van der Waals surface area contributed by atoms with Gasteiger partial charge in [0, 0.05) is 18.9 Å². The van der Waals surface area contributed by atoms with Crippen molar-refractivity contribution in [3.63, 3.8) is 0 Å². The lowest BCUT2D eigenvalue weighted by Crippen LogP contribution is -2.37. The molecule has 1 aromatic heterocycles. The molecule has 0 radical (unpaired) electrons. The van der Waals surface area contributed by atoms with Gasteiger partial charge in [0.2, 0.25) is 5.91 Å². The first-order valence-electron chi connectivity index (χ1n) is 5.62. The van der Waals surface area contributed by atoms with Crippen LogP contribution in [-0.4, -0.2) is 35.1 Å². The molecule has 0 atom stereocenters. The Kier molecular flexibility index (Phi) is 4.65. The topological polar surface area (TPSA) is 96.5 Å². The number of carbonyl (C=O) groups is 2. The molecule has 0 fully saturated rings. The van der Waals surface area contributed by atoms with Crippen molar-refractivity contribution in [3.8, 4) is 0 Å². The van der Waals surface area contributed by atoms with E-state index in [1.165, 1.54) is 12.4 Å². The fourth-order valence-electron chi connectivity index (χ4n) is 1.70. The average molecular weight is 251 g/mol. The van der Waals surface area contributed by atoms with Crippen LogP contribution in [0.5, 0.6) is 0 Å². The molecule has 0 aliphatic heterocycles. The molecule has 0 spiro atoms. The largest absolute Gasteiger partial charge is 0.478 e. The van der Waals surface area contributed by atoms with Gasteiger partial charge in [-0.2, -0.15) is 0 Å². The van der Waals surface area contributed by atoms with Gasteiger partial charge in [0.15, 0.2) is 0 Å². The van der Waals surface area contributed by atoms with Gasteiger partial charge in [0.1, 0.15) is 5.56 Å². The Balaban J connectivity index is 3.11. The number of anilines is 1. The second-order valence-electron chi connectivity index (χ2n) is 4.44. The van der Waals surface area contributed by atoms with Crippen molar-refractivity contribution in [2.45, 2.75) is 13.8 Å². The fourth-order valence-corrected chi connectivity index (χ4v) is 1.70. The summed E-state index contributed by atoms with van der Waals surface area (Å²) < 4.78 is 0. The smallest absolute Gasteiger partial charge is 0.339 e. The van der Waals surface area contributed by atoms with Crippen molar-refractivity contribution in [3.05, 3.63) is 24.0 Å². The number of hydrogen-bond donors (Lipinski definition) is 2. The average Bonchev–Trinajstić information content (AvgIpc) is 2.26. The number of amides is 1. The second kappa shape index (κ2) is 6.00. The molecule has 6 nitrogen and oxygen atoms in total. The van der Waals surface area contributed by atoms with Crippen LogP contribution in [0.1, 0.15) is 24.2 Å². The molecule has 0 saturated heterocycles. The van der Waals surface area contributed by atoms with Crippen LogP contribution in [0, 0.1) is 5.92 Å². The Bertz CT molecular complexity index is 446. The van der Waals surface area contributed by atoms with E-state index in [0.717, 1.165) is 0 Å². The molecule has 6 heteroatoms. The zero-order chi connectivity index (χ0) is 13.7. The van der Waals surface area contributed by atoms with E-state index >= 15 is 0 Å². The number of nitrogens with zero attached hydrogens (tertiary/aromatic N) is 2. The molecule has 0 aromatic carbocycles. The van der Waals surface area contributed by atoms with Gasteiger partial charge in [0.25, 0.3) is 0 Å². The molecule has 98 valence electrons. The third kappa shape index (κ3) is 3.73. The van der Waals surface area contributed by atoms with Crippen molar-refractivity contribution in [2.75, 3.05) is 18.0 Å². The summed E-state index contributed by atoms with van der Waals surface area (Å²) in [5.41, 5.74) is 5.72. The Hall–Kier alpha value is -2.11. The van der Waals surface area contributed by atoms with Crippen LogP contribution in [0.2, 0.25) is 0 Å². The molecule has 3 N–H and O–H groups in total. The van der Waals surface area contributed by atoms with E-state index in [1.807, 2.05) is 13.8 Å². The first-order valence-corrected chi connectivity index (χ1v) is 5.62. The molecule has 1 rings (SSSR count). The van der Waals surface area contributed by atoms with Crippen molar-refractivity contribution in [1.29, 1.82) is 0 Å². The lowest BCUT2D eigenvalue weighted by Gasteiger charge is -2.26. The van der Waals surface area contributed by atoms with E-state index in [-0.39, 0.29) is 18.0 Å². The predicted octanol–water partition coefficient (Wildman–Crippen LogP) is 0.727. The van der Waals surface area contributed by atoms with Gasteiger partial charge in [-0.25, -0.2) is 4.79 Å². The number of carboxylic acid groups (broad SMARTS) is 1. The number of nitrogens with two attached hydrogens (primary N) is 1. The van der Waals surface area contributed by atoms with Crippen molar-refractivity contribution >= 4 is 17.6 Å². The van der Waals surface area contributed by atoms with E-state index in [1.54, 1.807) is 11.0 Å². The van der Waals surface area contributed by atoms with Gasteiger partial charge >= 0.3 is 5.97 Å². The highest BCUT2D eigenvalue weighted by molar-refractivity contribution is 5.94. The first-order chi connectivity index (χ1) is 8.41. The normalized spacial score (nSPS) is 10.4. The lowest BCUT2D eigenvalue weighted by atomic mass is 10.1. The maximum atomic E-state index is 11.1. The Morgan fingerprint density at radius 1 is 1.50 bits per heavy atom. The minimum atomic E-state index is -1.07. The number of aromatic carboxylic acids is 1. The van der Waals surface area contributed by atoms with Gasteiger partial charge in [-0.05, 0) is 12.0 Å². The molecule has 0 bridgehead atoms. The maximum Gasteiger partial charge on any atom is 0.339 e. The molecule has 1 aromatic rings. The Morgan fingerprint density at radius 2 is 2.17 bits per heavy atom. The predicted molar refractivity (Wildman–Crippen MR) is 67.4 cm³/mol. The number of carbonyl (C=O) groups excluding carboxylic acids is 1. The lowest BCUT2D eigenvalue weighted by molar-refractivity contribution is -0.116. The number of hydrogen-bond acceptors (Lipinski definition) is 4. The highest BCUT2D eigenvalue weighted by Gasteiger charge is 2.18. The van der Waals surface area contributed by atoms with E-state index < -0.39 is 11.9 Å². The Labute approximate surface area is 105 Å². The SMILES string of the molecule is CC(C)CN(CC(N)=O)c1ccncc1C(=O)O. The molecule has 1 amide bonds. The van der Waals surface area contributed by atoms with Crippen LogP contribution in [0.3, 0.4) is 0 Å². The minimum absolute atomic E-state index is 0.0114. The van der Waals surface area contributed by atoms with Crippen LogP contribution in [0.25, 0.3) is 0 Å². The molecular formula is C12H17N3O3. The summed E-state index contributed by atoms with van der Waals surface area (Å²) in [5.74, 6) is -1.29. The number of pyridine rings is 1. The first kappa shape index (κ1) is 14.0. The zero-order valence-corrected chi connectivity index (χ0v) is 10.5. The van der Waals surface area contributed by atoms with Crippen LogP contribution in [-0.2, 0) is 4.79 Å². The highest BCUT2D eigenvalue weighted by Crippen LogP contribution is 2.20. The van der Waals surface area contributed by atoms with E-state index in [9.17, 15) is 9.59 Å². The number of rotatable bonds is 6. The molecule has 1 heterocycles. The standard InChI is InChI=1S/C12H17N3O3/c1-8(2)6-15(7-11(13)16)10-3-4-14-5-9(10)12(17)18/h3-5,8H,6-7H2,1-2H3,(H2,13,16)(H,17,18). The van der Waals surface area contributed by atoms with Crippen LogP contribution < -0.4 is 10.6 Å². The summed E-state index contributed by atoms with van der Waals surface area (Å²) in [6.45, 7) is 4.50. The monoisotopic (exact) mass is 251 g/mol. The fraction of sp³-hybridized carbons (Fsp3) is 0.417. The van der Waals surface area contributed by atoms with Crippen LogP contribution >= 0.6 is 0 Å². The van der Waals surface area contributed by atoms with Gasteiger partial charge in [0.05, 0.1) is 12.2 Å². The van der Waals surface area contributed by atoms with Gasteiger partial charge in [-0.15, -0.1) is 0 Å². The zero-order valence-electron chi connectivity index (χ0n) is 10.5. The molecule has 0 unspecified atom stereocenters. The van der Waals surface area contributed by atoms with Crippen molar-refractivity contribution in [1.82, 2.24) is 4.98 Å².